The lowest BCUT2D eigenvalue weighted by molar-refractivity contribution is 0.0947. The van der Waals surface area contributed by atoms with E-state index in [4.69, 9.17) is 4.42 Å². The summed E-state index contributed by atoms with van der Waals surface area (Å²) in [4.78, 5) is 12.3. The fourth-order valence-electron chi connectivity index (χ4n) is 2.27. The van der Waals surface area contributed by atoms with Gasteiger partial charge in [-0.1, -0.05) is 18.2 Å². The number of carbonyl (C=O) groups excluding carboxylic acids is 1. The van der Waals surface area contributed by atoms with Crippen LogP contribution in [0.5, 0.6) is 0 Å². The number of nitrogens with zero attached hydrogens (tertiary/aromatic N) is 3. The number of amides is 1. The smallest absolute Gasteiger partial charge is 0.251 e. The number of hydrogen-bond donors (Lipinski definition) is 1. The minimum atomic E-state index is -3.53. The predicted octanol–water partition coefficient (Wildman–Crippen LogP) is 1.92. The Kier molecular flexibility index (Phi) is 5.33. The van der Waals surface area contributed by atoms with Crippen LogP contribution in [-0.2, 0) is 16.6 Å². The lowest BCUT2D eigenvalue weighted by Gasteiger charge is -2.11. The topological polar surface area (TPSA) is 105 Å². The highest BCUT2D eigenvalue weighted by Crippen LogP contribution is 2.17. The molecule has 0 aliphatic heterocycles. The second kappa shape index (κ2) is 7.68. The number of sulfonamides is 1. The highest BCUT2D eigenvalue weighted by Gasteiger charge is 2.17. The first kappa shape index (κ1) is 18.7. The summed E-state index contributed by atoms with van der Waals surface area (Å²) in [6, 6.07) is 15.0. The molecule has 1 aromatic heterocycles. The van der Waals surface area contributed by atoms with Crippen LogP contribution in [0.3, 0.4) is 0 Å². The Morgan fingerprint density at radius 1 is 1.04 bits per heavy atom. The molecular weight excluding hydrogens is 368 g/mol. The van der Waals surface area contributed by atoms with Crippen LogP contribution in [0.15, 0.2) is 63.9 Å². The molecule has 0 aliphatic rings. The van der Waals surface area contributed by atoms with Crippen LogP contribution in [0.25, 0.3) is 11.5 Å². The minimum Gasteiger partial charge on any atom is -0.419 e. The van der Waals surface area contributed by atoms with E-state index in [1.54, 1.807) is 0 Å². The maximum atomic E-state index is 12.2. The van der Waals surface area contributed by atoms with Crippen molar-refractivity contribution in [1.82, 2.24) is 19.8 Å². The number of nitrogens with one attached hydrogen (secondary N) is 1. The van der Waals surface area contributed by atoms with Gasteiger partial charge in [0.1, 0.15) is 0 Å². The van der Waals surface area contributed by atoms with E-state index in [0.717, 1.165) is 9.87 Å². The number of hydrogen-bond acceptors (Lipinski definition) is 6. The van der Waals surface area contributed by atoms with E-state index in [1.165, 1.54) is 38.4 Å². The Morgan fingerprint density at radius 3 is 2.33 bits per heavy atom. The van der Waals surface area contributed by atoms with Crippen LogP contribution in [0.4, 0.5) is 0 Å². The average molecular weight is 386 g/mol. The van der Waals surface area contributed by atoms with Gasteiger partial charge in [-0.25, -0.2) is 12.7 Å². The van der Waals surface area contributed by atoms with E-state index in [2.05, 4.69) is 15.5 Å². The van der Waals surface area contributed by atoms with Gasteiger partial charge in [-0.05, 0) is 36.4 Å². The third-order valence-electron chi connectivity index (χ3n) is 3.78. The number of carbonyl (C=O) groups is 1. The van der Waals surface area contributed by atoms with Gasteiger partial charge in [-0.15, -0.1) is 10.2 Å². The molecule has 1 amide bonds. The number of rotatable bonds is 6. The fraction of sp³-hybridized carbons (Fsp3) is 0.167. The van der Waals surface area contributed by atoms with Crippen molar-refractivity contribution in [3.63, 3.8) is 0 Å². The monoisotopic (exact) mass is 386 g/mol. The highest BCUT2D eigenvalue weighted by molar-refractivity contribution is 7.89. The van der Waals surface area contributed by atoms with Gasteiger partial charge in [0.25, 0.3) is 5.91 Å². The molecule has 3 aromatic rings. The molecule has 0 saturated heterocycles. The largest absolute Gasteiger partial charge is 0.419 e. The van der Waals surface area contributed by atoms with E-state index in [9.17, 15) is 13.2 Å². The molecule has 0 saturated carbocycles. The van der Waals surface area contributed by atoms with Crippen molar-refractivity contribution in [2.75, 3.05) is 14.1 Å². The fourth-order valence-corrected chi connectivity index (χ4v) is 3.17. The van der Waals surface area contributed by atoms with Crippen LogP contribution in [-0.4, -0.2) is 42.9 Å². The molecule has 0 fully saturated rings. The van der Waals surface area contributed by atoms with Gasteiger partial charge >= 0.3 is 0 Å². The van der Waals surface area contributed by atoms with Gasteiger partial charge in [0.2, 0.25) is 21.8 Å². The van der Waals surface area contributed by atoms with Gasteiger partial charge in [0, 0.05) is 25.2 Å². The summed E-state index contributed by atoms with van der Waals surface area (Å²) >= 11 is 0. The molecule has 0 atom stereocenters. The predicted molar refractivity (Wildman–Crippen MR) is 98.2 cm³/mol. The van der Waals surface area contributed by atoms with Crippen molar-refractivity contribution in [2.45, 2.75) is 11.4 Å². The summed E-state index contributed by atoms with van der Waals surface area (Å²) < 4.78 is 30.7. The first-order valence-corrected chi connectivity index (χ1v) is 9.50. The molecule has 140 valence electrons. The summed E-state index contributed by atoms with van der Waals surface area (Å²) in [5.74, 6) is 0.273. The van der Waals surface area contributed by atoms with Gasteiger partial charge < -0.3 is 9.73 Å². The van der Waals surface area contributed by atoms with Crippen LogP contribution in [0.2, 0.25) is 0 Å². The van der Waals surface area contributed by atoms with Crippen LogP contribution in [0, 0.1) is 0 Å². The maximum Gasteiger partial charge on any atom is 0.251 e. The summed E-state index contributed by atoms with van der Waals surface area (Å²) in [6.45, 7) is 0.0659. The van der Waals surface area contributed by atoms with Crippen LogP contribution < -0.4 is 5.32 Å². The Labute approximate surface area is 156 Å². The average Bonchev–Trinajstić information content (AvgIpc) is 3.16. The second-order valence-corrected chi connectivity index (χ2v) is 8.01. The Morgan fingerprint density at radius 2 is 1.70 bits per heavy atom. The number of aromatic nitrogens is 2. The number of benzene rings is 2. The minimum absolute atomic E-state index is 0.0659. The van der Waals surface area contributed by atoms with E-state index in [-0.39, 0.29) is 23.2 Å². The van der Waals surface area contributed by atoms with Gasteiger partial charge in [0.15, 0.2) is 0 Å². The Balaban J connectivity index is 1.64. The zero-order valence-corrected chi connectivity index (χ0v) is 15.6. The zero-order chi connectivity index (χ0) is 19.4. The van der Waals surface area contributed by atoms with Crippen molar-refractivity contribution in [2.24, 2.45) is 0 Å². The molecule has 1 heterocycles. The first-order valence-electron chi connectivity index (χ1n) is 8.06. The lowest BCUT2D eigenvalue weighted by Crippen LogP contribution is -2.24. The van der Waals surface area contributed by atoms with Crippen LogP contribution in [0.1, 0.15) is 16.2 Å². The third-order valence-corrected chi connectivity index (χ3v) is 5.61. The van der Waals surface area contributed by atoms with E-state index in [1.807, 2.05) is 30.3 Å². The molecule has 0 aliphatic carbocycles. The van der Waals surface area contributed by atoms with Crippen molar-refractivity contribution < 1.29 is 17.6 Å². The van der Waals surface area contributed by atoms with E-state index < -0.39 is 10.0 Å². The molecule has 0 radical (unpaired) electrons. The molecule has 27 heavy (non-hydrogen) atoms. The molecule has 0 bridgehead atoms. The van der Waals surface area contributed by atoms with Crippen molar-refractivity contribution in [1.29, 1.82) is 0 Å². The van der Waals surface area contributed by atoms with Crippen molar-refractivity contribution in [3.8, 4) is 11.5 Å². The normalized spacial score (nSPS) is 11.5. The highest BCUT2D eigenvalue weighted by atomic mass is 32.2. The molecule has 0 unspecified atom stereocenters. The van der Waals surface area contributed by atoms with E-state index >= 15 is 0 Å². The quantitative estimate of drug-likeness (QED) is 0.694. The molecule has 3 rings (SSSR count). The SMILES string of the molecule is CN(C)S(=O)(=O)c1ccc(C(=O)NCc2nnc(-c3ccccc3)o2)cc1. The van der Waals surface area contributed by atoms with Gasteiger partial charge in [-0.3, -0.25) is 4.79 Å². The van der Waals surface area contributed by atoms with Gasteiger partial charge in [0.05, 0.1) is 11.4 Å². The zero-order valence-electron chi connectivity index (χ0n) is 14.8. The summed E-state index contributed by atoms with van der Waals surface area (Å²) in [7, 11) is -0.633. The molecule has 2 aromatic carbocycles. The molecule has 9 heteroatoms. The Bertz CT molecular complexity index is 1030. The lowest BCUT2D eigenvalue weighted by atomic mass is 10.2. The van der Waals surface area contributed by atoms with Crippen molar-refractivity contribution >= 4 is 15.9 Å². The summed E-state index contributed by atoms with van der Waals surface area (Å²) in [5, 5.41) is 10.5. The summed E-state index contributed by atoms with van der Waals surface area (Å²) in [6.07, 6.45) is 0. The van der Waals surface area contributed by atoms with Crippen LogP contribution >= 0.6 is 0 Å². The third kappa shape index (κ3) is 4.21. The van der Waals surface area contributed by atoms with E-state index in [0.29, 0.717) is 11.5 Å². The molecule has 0 spiro atoms. The molecule has 8 nitrogen and oxygen atoms in total. The maximum absolute atomic E-state index is 12.2. The molecular formula is C18H18N4O4S. The second-order valence-electron chi connectivity index (χ2n) is 5.86. The first-order chi connectivity index (χ1) is 12.9. The van der Waals surface area contributed by atoms with Crippen molar-refractivity contribution in [3.05, 3.63) is 66.1 Å². The summed E-state index contributed by atoms with van der Waals surface area (Å²) in [5.41, 5.74) is 1.12. The standard InChI is InChI=1S/C18H18N4O4S/c1-22(2)27(24,25)15-10-8-13(9-11-15)17(23)19-12-16-20-21-18(26-16)14-6-4-3-5-7-14/h3-11H,12H2,1-2H3,(H,19,23). The van der Waals surface area contributed by atoms with Gasteiger partial charge in [-0.2, -0.15) is 0 Å². The molecule has 1 N–H and O–H groups in total. The Hall–Kier alpha value is -3.04.